The summed E-state index contributed by atoms with van der Waals surface area (Å²) in [6.07, 6.45) is 5.19. The molecule has 1 N–H and O–H groups in total. The summed E-state index contributed by atoms with van der Waals surface area (Å²) in [5.74, 6) is 0.723. The van der Waals surface area contributed by atoms with E-state index >= 15 is 0 Å². The Morgan fingerprint density at radius 1 is 1.62 bits per heavy atom. The smallest absolute Gasteiger partial charge is 0.111 e. The summed E-state index contributed by atoms with van der Waals surface area (Å²) in [6, 6.07) is 0. The zero-order valence-electron chi connectivity index (χ0n) is 10.1. The van der Waals surface area contributed by atoms with Crippen LogP contribution in [0.2, 0.25) is 0 Å². The van der Waals surface area contributed by atoms with Crippen LogP contribution in [0.3, 0.4) is 0 Å². The number of morpholine rings is 1. The Hall–Kier alpha value is -0.870. The third kappa shape index (κ3) is 2.83. The first kappa shape index (κ1) is 11.6. The first-order valence-corrected chi connectivity index (χ1v) is 6.09. The van der Waals surface area contributed by atoms with Crippen LogP contribution in [0, 0.1) is 5.92 Å². The van der Waals surface area contributed by atoms with Gasteiger partial charge in [0, 0.05) is 19.6 Å². The van der Waals surface area contributed by atoms with E-state index in [1.807, 2.05) is 12.5 Å². The third-order valence-electron chi connectivity index (χ3n) is 2.95. The van der Waals surface area contributed by atoms with Gasteiger partial charge in [0.2, 0.25) is 0 Å². The quantitative estimate of drug-likeness (QED) is 0.842. The minimum Gasteiger partial charge on any atom is -0.369 e. The molecule has 4 heteroatoms. The van der Waals surface area contributed by atoms with Crippen LogP contribution in [-0.2, 0) is 11.3 Å². The van der Waals surface area contributed by atoms with E-state index in [1.165, 1.54) is 12.1 Å². The van der Waals surface area contributed by atoms with Gasteiger partial charge in [-0.1, -0.05) is 13.8 Å². The first-order chi connectivity index (χ1) is 7.77. The summed E-state index contributed by atoms with van der Waals surface area (Å²) in [4.78, 5) is 4.23. The Labute approximate surface area is 97.0 Å². The van der Waals surface area contributed by atoms with Crippen LogP contribution in [0.4, 0.5) is 0 Å². The molecule has 0 aliphatic carbocycles. The minimum atomic E-state index is 0.170. The molecule has 2 rings (SSSR count). The zero-order chi connectivity index (χ0) is 11.4. The van der Waals surface area contributed by atoms with Crippen molar-refractivity contribution < 1.29 is 4.74 Å². The normalized spacial score (nSPS) is 21.6. The monoisotopic (exact) mass is 223 g/mol. The van der Waals surface area contributed by atoms with Crippen LogP contribution >= 0.6 is 0 Å². The first-order valence-electron chi connectivity index (χ1n) is 6.09. The molecule has 90 valence electrons. The number of nitrogens with zero attached hydrogens (tertiary/aromatic N) is 2. The highest BCUT2D eigenvalue weighted by molar-refractivity contribution is 5.04. The fourth-order valence-corrected chi connectivity index (χ4v) is 1.94. The molecule has 0 radical (unpaired) electrons. The van der Waals surface area contributed by atoms with Crippen molar-refractivity contribution in [3.63, 3.8) is 0 Å². The van der Waals surface area contributed by atoms with E-state index in [-0.39, 0.29) is 6.10 Å². The Balaban J connectivity index is 2.00. The lowest BCUT2D eigenvalue weighted by atomic mass is 10.1. The van der Waals surface area contributed by atoms with Gasteiger partial charge in [0.1, 0.15) is 6.10 Å². The molecule has 1 unspecified atom stereocenters. The van der Waals surface area contributed by atoms with Gasteiger partial charge < -0.3 is 14.6 Å². The second-order valence-electron chi connectivity index (χ2n) is 4.76. The molecule has 1 aromatic rings. The number of hydrogen-bond acceptors (Lipinski definition) is 3. The molecular weight excluding hydrogens is 202 g/mol. The largest absolute Gasteiger partial charge is 0.369 e. The summed E-state index contributed by atoms with van der Waals surface area (Å²) >= 11 is 0. The lowest BCUT2D eigenvalue weighted by Crippen LogP contribution is -2.34. The number of hydrogen-bond donors (Lipinski definition) is 1. The maximum atomic E-state index is 5.75. The molecule has 1 aliphatic heterocycles. The fourth-order valence-electron chi connectivity index (χ4n) is 1.94. The highest BCUT2D eigenvalue weighted by Crippen LogP contribution is 2.19. The molecule has 1 saturated heterocycles. The van der Waals surface area contributed by atoms with Crippen molar-refractivity contribution in [3.05, 3.63) is 18.2 Å². The number of nitrogens with one attached hydrogen (secondary N) is 1. The molecule has 2 heterocycles. The summed E-state index contributed by atoms with van der Waals surface area (Å²) in [5.41, 5.74) is 1.20. The van der Waals surface area contributed by atoms with E-state index in [1.54, 1.807) is 0 Å². The third-order valence-corrected chi connectivity index (χ3v) is 2.95. The number of ether oxygens (including phenoxy) is 1. The standard InChI is InChI=1S/C12H21N3O/c1-10(2)3-5-15-9-14-7-11(15)12-8-13-4-6-16-12/h7,9-10,12-13H,3-6,8H2,1-2H3. The molecule has 1 atom stereocenters. The lowest BCUT2D eigenvalue weighted by Gasteiger charge is -2.24. The van der Waals surface area contributed by atoms with Crippen molar-refractivity contribution in [2.75, 3.05) is 19.7 Å². The van der Waals surface area contributed by atoms with E-state index in [4.69, 9.17) is 4.74 Å². The van der Waals surface area contributed by atoms with Crippen molar-refractivity contribution in [1.82, 2.24) is 14.9 Å². The van der Waals surface area contributed by atoms with Gasteiger partial charge in [-0.3, -0.25) is 0 Å². The van der Waals surface area contributed by atoms with Crippen molar-refractivity contribution in [3.8, 4) is 0 Å². The topological polar surface area (TPSA) is 39.1 Å². The van der Waals surface area contributed by atoms with Gasteiger partial charge in [0.15, 0.2) is 0 Å². The fraction of sp³-hybridized carbons (Fsp3) is 0.750. The van der Waals surface area contributed by atoms with Gasteiger partial charge in [-0.2, -0.15) is 0 Å². The number of aromatic nitrogens is 2. The van der Waals surface area contributed by atoms with Gasteiger partial charge in [0.05, 0.1) is 24.8 Å². The predicted octanol–water partition coefficient (Wildman–Crippen LogP) is 1.59. The van der Waals surface area contributed by atoms with Crippen LogP contribution < -0.4 is 5.32 Å². The van der Waals surface area contributed by atoms with Crippen molar-refractivity contribution in [2.24, 2.45) is 5.92 Å². The highest BCUT2D eigenvalue weighted by atomic mass is 16.5. The maximum absolute atomic E-state index is 5.75. The molecule has 0 aromatic carbocycles. The average Bonchev–Trinajstić information content (AvgIpc) is 2.75. The molecule has 0 spiro atoms. The Kier molecular flexibility index (Phi) is 3.96. The molecule has 16 heavy (non-hydrogen) atoms. The number of rotatable bonds is 4. The molecule has 0 saturated carbocycles. The SMILES string of the molecule is CC(C)CCn1cncc1C1CNCCO1. The van der Waals surface area contributed by atoms with Crippen molar-refractivity contribution in [2.45, 2.75) is 32.9 Å². The van der Waals surface area contributed by atoms with Gasteiger partial charge in [-0.15, -0.1) is 0 Å². The van der Waals surface area contributed by atoms with Crippen molar-refractivity contribution in [1.29, 1.82) is 0 Å². The second-order valence-corrected chi connectivity index (χ2v) is 4.76. The molecular formula is C12H21N3O. The van der Waals surface area contributed by atoms with Gasteiger partial charge in [-0.25, -0.2) is 4.98 Å². The van der Waals surface area contributed by atoms with Crippen LogP contribution in [0.15, 0.2) is 12.5 Å². The molecule has 1 aromatic heterocycles. The van der Waals surface area contributed by atoms with E-state index in [0.717, 1.165) is 32.2 Å². The average molecular weight is 223 g/mol. The predicted molar refractivity (Wildman–Crippen MR) is 63.2 cm³/mol. The Morgan fingerprint density at radius 2 is 2.50 bits per heavy atom. The minimum absolute atomic E-state index is 0.170. The highest BCUT2D eigenvalue weighted by Gasteiger charge is 2.19. The van der Waals surface area contributed by atoms with Crippen LogP contribution in [0.25, 0.3) is 0 Å². The second kappa shape index (κ2) is 5.46. The molecule has 0 amide bonds. The number of aryl methyl sites for hydroxylation is 1. The maximum Gasteiger partial charge on any atom is 0.111 e. The van der Waals surface area contributed by atoms with E-state index in [9.17, 15) is 0 Å². The van der Waals surface area contributed by atoms with E-state index in [2.05, 4.69) is 28.7 Å². The summed E-state index contributed by atoms with van der Waals surface area (Å²) in [6.45, 7) is 8.17. The summed E-state index contributed by atoms with van der Waals surface area (Å²) < 4.78 is 7.97. The van der Waals surface area contributed by atoms with Crippen molar-refractivity contribution >= 4 is 0 Å². The molecule has 1 fully saturated rings. The summed E-state index contributed by atoms with van der Waals surface area (Å²) in [5, 5.41) is 3.35. The van der Waals surface area contributed by atoms with Crippen LogP contribution in [0.1, 0.15) is 32.1 Å². The van der Waals surface area contributed by atoms with Gasteiger partial charge in [0.25, 0.3) is 0 Å². The van der Waals surface area contributed by atoms with Gasteiger partial charge >= 0.3 is 0 Å². The summed E-state index contributed by atoms with van der Waals surface area (Å²) in [7, 11) is 0. The van der Waals surface area contributed by atoms with Gasteiger partial charge in [-0.05, 0) is 12.3 Å². The molecule has 1 aliphatic rings. The Bertz CT molecular complexity index is 316. The lowest BCUT2D eigenvalue weighted by molar-refractivity contribution is 0.0226. The molecule has 4 nitrogen and oxygen atoms in total. The van der Waals surface area contributed by atoms with Crippen LogP contribution in [-0.4, -0.2) is 29.2 Å². The Morgan fingerprint density at radius 3 is 3.19 bits per heavy atom. The number of imidazole rings is 1. The van der Waals surface area contributed by atoms with Crippen LogP contribution in [0.5, 0.6) is 0 Å². The van der Waals surface area contributed by atoms with E-state index in [0.29, 0.717) is 0 Å². The molecule has 0 bridgehead atoms. The van der Waals surface area contributed by atoms with E-state index < -0.39 is 0 Å². The zero-order valence-corrected chi connectivity index (χ0v) is 10.1.